The molecule has 0 spiro atoms. The molecule has 0 saturated carbocycles. The van der Waals surface area contributed by atoms with Gasteiger partial charge in [-0.05, 0) is 31.8 Å². The number of thioether (sulfide) groups is 1. The molecule has 0 fully saturated rings. The van der Waals surface area contributed by atoms with Crippen LogP contribution in [0.2, 0.25) is 0 Å². The first-order chi connectivity index (χ1) is 4.68. The quantitative estimate of drug-likeness (QED) is 0.491. The summed E-state index contributed by atoms with van der Waals surface area (Å²) in [6.07, 6.45) is 3.73. The van der Waals surface area contributed by atoms with Gasteiger partial charge in [0.1, 0.15) is 0 Å². The second-order valence-electron chi connectivity index (χ2n) is 2.50. The lowest BCUT2D eigenvalue weighted by Crippen LogP contribution is -2.06. The van der Waals surface area contributed by atoms with Crippen molar-refractivity contribution in [3.05, 3.63) is 12.2 Å². The lowest BCUT2D eigenvalue weighted by Gasteiger charge is -2.08. The molecule has 1 unspecified atom stereocenters. The van der Waals surface area contributed by atoms with Gasteiger partial charge in [0.25, 0.3) is 0 Å². The van der Waals surface area contributed by atoms with Gasteiger partial charge < -0.3 is 5.11 Å². The van der Waals surface area contributed by atoms with Gasteiger partial charge in [-0.25, -0.2) is 0 Å². The number of aliphatic hydroxyl groups excluding tert-OH is 1. The fraction of sp³-hybridized carbons (Fsp3) is 0.750. The molecule has 1 atom stereocenters. The Morgan fingerprint density at radius 3 is 2.70 bits per heavy atom. The van der Waals surface area contributed by atoms with Crippen LogP contribution in [0.3, 0.4) is 0 Å². The molecule has 0 aromatic heterocycles. The molecular weight excluding hydrogens is 144 g/mol. The third kappa shape index (κ3) is 4.89. The van der Waals surface area contributed by atoms with Crippen LogP contribution in [0, 0.1) is 0 Å². The van der Waals surface area contributed by atoms with Crippen molar-refractivity contribution in [1.29, 1.82) is 0 Å². The van der Waals surface area contributed by atoms with Crippen molar-refractivity contribution in [2.75, 3.05) is 12.0 Å². The molecule has 10 heavy (non-hydrogen) atoms. The first kappa shape index (κ1) is 10.0. The summed E-state index contributed by atoms with van der Waals surface area (Å²) in [4.78, 5) is 0. The normalized spacial score (nSPS) is 13.1. The standard InChI is InChI=1S/C8H16OS/c1-7(2)8(9)5-4-6-10-3/h8-9H,1,4-6H2,2-3H3. The van der Waals surface area contributed by atoms with Crippen LogP contribution in [0.25, 0.3) is 0 Å². The maximum atomic E-state index is 9.24. The molecule has 0 radical (unpaired) electrons. The van der Waals surface area contributed by atoms with E-state index in [1.54, 1.807) is 0 Å². The zero-order chi connectivity index (χ0) is 7.98. The number of aliphatic hydroxyl groups is 1. The van der Waals surface area contributed by atoms with E-state index < -0.39 is 0 Å². The summed E-state index contributed by atoms with van der Waals surface area (Å²) in [5, 5.41) is 9.24. The van der Waals surface area contributed by atoms with E-state index in [-0.39, 0.29) is 6.10 Å². The van der Waals surface area contributed by atoms with Crippen LogP contribution >= 0.6 is 11.8 Å². The van der Waals surface area contributed by atoms with E-state index in [1.807, 2.05) is 18.7 Å². The Kier molecular flexibility index (Phi) is 5.84. The molecule has 0 heterocycles. The Bertz CT molecular complexity index is 101. The monoisotopic (exact) mass is 160 g/mol. The van der Waals surface area contributed by atoms with Gasteiger partial charge in [-0.2, -0.15) is 11.8 Å². The molecule has 0 aliphatic rings. The van der Waals surface area contributed by atoms with Gasteiger partial charge in [-0.1, -0.05) is 12.2 Å². The maximum Gasteiger partial charge on any atom is 0.0745 e. The number of rotatable bonds is 5. The zero-order valence-corrected chi connectivity index (χ0v) is 7.58. The molecule has 0 bridgehead atoms. The van der Waals surface area contributed by atoms with Crippen LogP contribution in [0.4, 0.5) is 0 Å². The summed E-state index contributed by atoms with van der Waals surface area (Å²) >= 11 is 1.81. The van der Waals surface area contributed by atoms with Gasteiger partial charge in [-0.15, -0.1) is 0 Å². The summed E-state index contributed by atoms with van der Waals surface area (Å²) in [5.74, 6) is 1.13. The Hall–Kier alpha value is 0.0500. The first-order valence-corrected chi connectivity index (χ1v) is 4.90. The predicted octanol–water partition coefficient (Wildman–Crippen LogP) is 2.07. The van der Waals surface area contributed by atoms with Crippen LogP contribution in [0.1, 0.15) is 19.8 Å². The van der Waals surface area contributed by atoms with E-state index in [2.05, 4.69) is 12.8 Å². The van der Waals surface area contributed by atoms with Crippen molar-refractivity contribution in [3.63, 3.8) is 0 Å². The highest BCUT2D eigenvalue weighted by Crippen LogP contribution is 2.07. The van der Waals surface area contributed by atoms with E-state index in [0.29, 0.717) is 0 Å². The Labute approximate surface area is 67.5 Å². The molecule has 0 saturated heterocycles. The lowest BCUT2D eigenvalue weighted by atomic mass is 10.1. The van der Waals surface area contributed by atoms with Gasteiger partial charge in [0.05, 0.1) is 6.10 Å². The van der Waals surface area contributed by atoms with Crippen molar-refractivity contribution in [2.45, 2.75) is 25.9 Å². The van der Waals surface area contributed by atoms with Gasteiger partial charge >= 0.3 is 0 Å². The van der Waals surface area contributed by atoms with E-state index >= 15 is 0 Å². The van der Waals surface area contributed by atoms with Crippen LogP contribution in [-0.4, -0.2) is 23.2 Å². The summed E-state index contributed by atoms with van der Waals surface area (Å²) in [6.45, 7) is 5.54. The fourth-order valence-corrected chi connectivity index (χ4v) is 1.12. The SMILES string of the molecule is C=C(C)C(O)CCCSC. The van der Waals surface area contributed by atoms with Crippen molar-refractivity contribution < 1.29 is 5.11 Å². The highest BCUT2D eigenvalue weighted by Gasteiger charge is 2.02. The third-order valence-electron chi connectivity index (χ3n) is 1.39. The molecule has 0 aliphatic carbocycles. The third-order valence-corrected chi connectivity index (χ3v) is 2.09. The predicted molar refractivity (Wildman–Crippen MR) is 48.4 cm³/mol. The van der Waals surface area contributed by atoms with Crippen molar-refractivity contribution in [2.24, 2.45) is 0 Å². The highest BCUT2D eigenvalue weighted by molar-refractivity contribution is 7.98. The molecule has 0 amide bonds. The van der Waals surface area contributed by atoms with E-state index in [4.69, 9.17) is 0 Å². The molecule has 2 heteroatoms. The minimum Gasteiger partial charge on any atom is -0.389 e. The molecular formula is C8H16OS. The minimum atomic E-state index is -0.285. The smallest absolute Gasteiger partial charge is 0.0745 e. The van der Waals surface area contributed by atoms with Crippen LogP contribution in [-0.2, 0) is 0 Å². The summed E-state index contributed by atoms with van der Waals surface area (Å²) in [6, 6.07) is 0. The Balaban J connectivity index is 3.21. The summed E-state index contributed by atoms with van der Waals surface area (Å²) in [5.41, 5.74) is 0.876. The molecule has 1 N–H and O–H groups in total. The van der Waals surface area contributed by atoms with Crippen molar-refractivity contribution in [3.8, 4) is 0 Å². The van der Waals surface area contributed by atoms with E-state index in [0.717, 1.165) is 24.2 Å². The largest absolute Gasteiger partial charge is 0.389 e. The topological polar surface area (TPSA) is 20.2 Å². The fourth-order valence-electron chi connectivity index (χ4n) is 0.667. The van der Waals surface area contributed by atoms with Crippen molar-refractivity contribution in [1.82, 2.24) is 0 Å². The Morgan fingerprint density at radius 2 is 2.30 bits per heavy atom. The first-order valence-electron chi connectivity index (χ1n) is 3.51. The van der Waals surface area contributed by atoms with E-state index in [1.165, 1.54) is 0 Å². The van der Waals surface area contributed by atoms with Gasteiger partial charge in [0.15, 0.2) is 0 Å². The van der Waals surface area contributed by atoms with Gasteiger partial charge in [0, 0.05) is 0 Å². The molecule has 0 aromatic rings. The Morgan fingerprint density at radius 1 is 1.70 bits per heavy atom. The summed E-state index contributed by atoms with van der Waals surface area (Å²) < 4.78 is 0. The van der Waals surface area contributed by atoms with E-state index in [9.17, 15) is 5.11 Å². The lowest BCUT2D eigenvalue weighted by molar-refractivity contribution is 0.200. The molecule has 60 valence electrons. The second-order valence-corrected chi connectivity index (χ2v) is 3.48. The molecule has 0 aliphatic heterocycles. The van der Waals surface area contributed by atoms with Crippen LogP contribution < -0.4 is 0 Å². The number of hydrogen-bond donors (Lipinski definition) is 1. The second kappa shape index (κ2) is 5.81. The molecule has 0 rings (SSSR count). The van der Waals surface area contributed by atoms with Crippen molar-refractivity contribution >= 4 is 11.8 Å². The average Bonchev–Trinajstić information content (AvgIpc) is 1.88. The molecule has 0 aromatic carbocycles. The minimum absolute atomic E-state index is 0.285. The van der Waals surface area contributed by atoms with Gasteiger partial charge in [-0.3, -0.25) is 0 Å². The molecule has 1 nitrogen and oxygen atoms in total. The highest BCUT2D eigenvalue weighted by atomic mass is 32.2. The maximum absolute atomic E-state index is 9.24. The van der Waals surface area contributed by atoms with Crippen LogP contribution in [0.5, 0.6) is 0 Å². The number of hydrogen-bond acceptors (Lipinski definition) is 2. The zero-order valence-electron chi connectivity index (χ0n) is 6.76. The van der Waals surface area contributed by atoms with Crippen LogP contribution in [0.15, 0.2) is 12.2 Å². The van der Waals surface area contributed by atoms with Gasteiger partial charge in [0.2, 0.25) is 0 Å². The summed E-state index contributed by atoms with van der Waals surface area (Å²) in [7, 11) is 0. The average molecular weight is 160 g/mol.